The molecular weight excluding hydrogens is 372 g/mol. The lowest BCUT2D eigenvalue weighted by Crippen LogP contribution is -2.40. The van der Waals surface area contributed by atoms with Crippen molar-refractivity contribution in [1.82, 2.24) is 10.6 Å². The number of hydrogen-bond acceptors (Lipinski definition) is 5. The van der Waals surface area contributed by atoms with Crippen LogP contribution in [0, 0.1) is 6.92 Å². The van der Waals surface area contributed by atoms with Crippen LogP contribution < -0.4 is 26.4 Å². The van der Waals surface area contributed by atoms with E-state index in [0.29, 0.717) is 18.7 Å². The first-order valence-electron chi connectivity index (χ1n) is 9.28. The Morgan fingerprint density at radius 2 is 1.59 bits per heavy atom. The van der Waals surface area contributed by atoms with E-state index in [-0.39, 0.29) is 37.4 Å². The molecule has 0 aromatic heterocycles. The zero-order valence-corrected chi connectivity index (χ0v) is 16.4. The molecular formula is C21H26N4O4. The lowest BCUT2D eigenvalue weighted by Gasteiger charge is -2.09. The van der Waals surface area contributed by atoms with Gasteiger partial charge >= 0.3 is 0 Å². The summed E-state index contributed by atoms with van der Waals surface area (Å²) in [4.78, 5) is 34.5. The molecule has 0 unspecified atom stereocenters. The first-order chi connectivity index (χ1) is 14.0. The second-order valence-corrected chi connectivity index (χ2v) is 6.43. The number of benzene rings is 2. The van der Waals surface area contributed by atoms with Gasteiger partial charge < -0.3 is 26.4 Å². The molecule has 0 saturated carbocycles. The number of ether oxygens (including phenoxy) is 1. The van der Waals surface area contributed by atoms with Gasteiger partial charge in [0, 0.05) is 12.2 Å². The quantitative estimate of drug-likeness (QED) is 0.470. The lowest BCUT2D eigenvalue weighted by atomic mass is 10.1. The third-order valence-corrected chi connectivity index (χ3v) is 4.00. The summed E-state index contributed by atoms with van der Waals surface area (Å²) < 4.78 is 5.49. The molecule has 2 aromatic carbocycles. The van der Waals surface area contributed by atoms with Crippen LogP contribution in [0.15, 0.2) is 48.5 Å². The van der Waals surface area contributed by atoms with Crippen LogP contribution in [-0.4, -0.2) is 44.0 Å². The van der Waals surface area contributed by atoms with Crippen LogP contribution in [0.3, 0.4) is 0 Å². The summed E-state index contributed by atoms with van der Waals surface area (Å²) in [6.45, 7) is 2.10. The summed E-state index contributed by atoms with van der Waals surface area (Å²) in [6, 6.07) is 14.8. The molecule has 154 valence electrons. The molecule has 8 heteroatoms. The zero-order chi connectivity index (χ0) is 21.1. The molecule has 0 aliphatic carbocycles. The monoisotopic (exact) mass is 398 g/mol. The Bertz CT molecular complexity index is 820. The summed E-state index contributed by atoms with van der Waals surface area (Å²) in [7, 11) is 0. The molecule has 5 N–H and O–H groups in total. The number of nitrogens with two attached hydrogens (primary N) is 1. The fraction of sp³-hybridized carbons (Fsp3) is 0.286. The summed E-state index contributed by atoms with van der Waals surface area (Å²) in [5, 5.41) is 7.89. The number of carbonyl (C=O) groups excluding carboxylic acids is 3. The minimum absolute atomic E-state index is 0.0855. The molecule has 0 radical (unpaired) electrons. The van der Waals surface area contributed by atoms with Gasteiger partial charge in [-0.1, -0.05) is 29.8 Å². The fourth-order valence-electron chi connectivity index (χ4n) is 2.39. The largest absolute Gasteiger partial charge is 0.484 e. The Balaban J connectivity index is 1.67. The third kappa shape index (κ3) is 8.44. The Labute approximate surface area is 169 Å². The molecule has 0 aliphatic heterocycles. The highest BCUT2D eigenvalue weighted by atomic mass is 16.5. The van der Waals surface area contributed by atoms with E-state index in [4.69, 9.17) is 10.5 Å². The van der Waals surface area contributed by atoms with Gasteiger partial charge in [-0.3, -0.25) is 14.4 Å². The molecule has 2 aromatic rings. The van der Waals surface area contributed by atoms with E-state index in [1.807, 2.05) is 43.3 Å². The van der Waals surface area contributed by atoms with Gasteiger partial charge in [-0.05, 0) is 43.2 Å². The van der Waals surface area contributed by atoms with E-state index in [9.17, 15) is 14.4 Å². The molecule has 0 atom stereocenters. The van der Waals surface area contributed by atoms with E-state index >= 15 is 0 Å². The van der Waals surface area contributed by atoms with Crippen molar-refractivity contribution in [2.24, 2.45) is 5.73 Å². The molecule has 0 bridgehead atoms. The van der Waals surface area contributed by atoms with E-state index in [0.717, 1.165) is 16.8 Å². The summed E-state index contributed by atoms with van der Waals surface area (Å²) in [5.74, 6) is -0.293. The topological polar surface area (TPSA) is 123 Å². The average molecular weight is 398 g/mol. The van der Waals surface area contributed by atoms with Gasteiger partial charge in [0.1, 0.15) is 5.75 Å². The fourth-order valence-corrected chi connectivity index (χ4v) is 2.39. The minimum atomic E-state index is -0.372. The van der Waals surface area contributed by atoms with Crippen molar-refractivity contribution in [1.29, 1.82) is 0 Å². The number of hydrogen-bond donors (Lipinski definition) is 4. The lowest BCUT2D eigenvalue weighted by molar-refractivity contribution is -0.125. The van der Waals surface area contributed by atoms with Gasteiger partial charge in [0.15, 0.2) is 6.61 Å². The van der Waals surface area contributed by atoms with Crippen molar-refractivity contribution in [2.45, 2.75) is 13.3 Å². The molecule has 0 fully saturated rings. The van der Waals surface area contributed by atoms with Gasteiger partial charge in [0.2, 0.25) is 11.8 Å². The molecule has 3 amide bonds. The first-order valence-corrected chi connectivity index (χ1v) is 9.28. The summed E-state index contributed by atoms with van der Waals surface area (Å²) >= 11 is 0. The van der Waals surface area contributed by atoms with Crippen LogP contribution >= 0.6 is 0 Å². The maximum atomic E-state index is 11.9. The van der Waals surface area contributed by atoms with Crippen LogP contribution in [-0.2, 0) is 20.8 Å². The van der Waals surface area contributed by atoms with Gasteiger partial charge in [0.25, 0.3) is 5.91 Å². The van der Waals surface area contributed by atoms with Crippen LogP contribution in [0.4, 0.5) is 5.69 Å². The highest BCUT2D eigenvalue weighted by Crippen LogP contribution is 2.13. The molecule has 0 heterocycles. The smallest absolute Gasteiger partial charge is 0.262 e. The van der Waals surface area contributed by atoms with Crippen LogP contribution in [0.2, 0.25) is 0 Å². The zero-order valence-electron chi connectivity index (χ0n) is 16.4. The van der Waals surface area contributed by atoms with Crippen molar-refractivity contribution in [3.8, 4) is 5.75 Å². The summed E-state index contributed by atoms with van der Waals surface area (Å²) in [6.07, 6.45) is 0.630. The predicted molar refractivity (Wildman–Crippen MR) is 111 cm³/mol. The first kappa shape index (κ1) is 21.9. The highest BCUT2D eigenvalue weighted by Gasteiger charge is 2.05. The van der Waals surface area contributed by atoms with Crippen LogP contribution in [0.25, 0.3) is 0 Å². The van der Waals surface area contributed by atoms with E-state index in [1.54, 1.807) is 12.1 Å². The molecule has 0 aliphatic rings. The highest BCUT2D eigenvalue weighted by molar-refractivity contribution is 5.91. The van der Waals surface area contributed by atoms with Gasteiger partial charge in [-0.15, -0.1) is 0 Å². The molecule has 2 rings (SSSR count). The van der Waals surface area contributed by atoms with Crippen LogP contribution in [0.1, 0.15) is 11.1 Å². The SMILES string of the molecule is Cc1ccc(NC(=O)COc2ccc(CCNC(=O)CNC(=O)CN)cc2)cc1. The van der Waals surface area contributed by atoms with Gasteiger partial charge in [-0.25, -0.2) is 0 Å². The molecule has 0 saturated heterocycles. The van der Waals surface area contributed by atoms with Gasteiger partial charge in [0.05, 0.1) is 13.1 Å². The summed E-state index contributed by atoms with van der Waals surface area (Å²) in [5.41, 5.74) is 8.00. The number of anilines is 1. The average Bonchev–Trinajstić information content (AvgIpc) is 2.73. The number of nitrogens with one attached hydrogen (secondary N) is 3. The molecule has 29 heavy (non-hydrogen) atoms. The van der Waals surface area contributed by atoms with Crippen molar-refractivity contribution in [3.05, 3.63) is 59.7 Å². The van der Waals surface area contributed by atoms with E-state index in [2.05, 4.69) is 16.0 Å². The van der Waals surface area contributed by atoms with Crippen molar-refractivity contribution in [3.63, 3.8) is 0 Å². The second kappa shape index (κ2) is 11.5. The minimum Gasteiger partial charge on any atom is -0.484 e. The maximum absolute atomic E-state index is 11.9. The normalized spacial score (nSPS) is 10.1. The van der Waals surface area contributed by atoms with E-state index in [1.165, 1.54) is 0 Å². The predicted octanol–water partition coefficient (Wildman–Crippen LogP) is 0.746. The number of rotatable bonds is 10. The second-order valence-electron chi connectivity index (χ2n) is 6.43. The Hall–Kier alpha value is -3.39. The Morgan fingerprint density at radius 1 is 0.897 bits per heavy atom. The number of aryl methyl sites for hydroxylation is 1. The van der Waals surface area contributed by atoms with Crippen molar-refractivity contribution in [2.75, 3.05) is 31.6 Å². The Kier molecular flexibility index (Phi) is 8.65. The molecule has 0 spiro atoms. The maximum Gasteiger partial charge on any atom is 0.262 e. The van der Waals surface area contributed by atoms with E-state index < -0.39 is 0 Å². The molecule has 8 nitrogen and oxygen atoms in total. The number of carbonyl (C=O) groups is 3. The Morgan fingerprint density at radius 3 is 2.24 bits per heavy atom. The van der Waals surface area contributed by atoms with Crippen LogP contribution in [0.5, 0.6) is 5.75 Å². The van der Waals surface area contributed by atoms with Crippen molar-refractivity contribution < 1.29 is 19.1 Å². The van der Waals surface area contributed by atoms with Crippen molar-refractivity contribution >= 4 is 23.4 Å². The third-order valence-electron chi connectivity index (χ3n) is 4.00. The van der Waals surface area contributed by atoms with Gasteiger partial charge in [-0.2, -0.15) is 0 Å². The standard InChI is InChI=1S/C21H26N4O4/c1-15-2-6-17(7-3-15)25-21(28)14-29-18-8-4-16(5-9-18)10-11-23-20(27)13-24-19(26)12-22/h2-9H,10-14,22H2,1H3,(H,23,27)(H,24,26)(H,25,28). The number of amides is 3.